The molecule has 0 radical (unpaired) electrons. The van der Waals surface area contributed by atoms with E-state index in [1.54, 1.807) is 11.1 Å². The Balaban J connectivity index is 2.46. The van der Waals surface area contributed by atoms with Gasteiger partial charge in [-0.3, -0.25) is 0 Å². The van der Waals surface area contributed by atoms with Crippen LogP contribution in [0.3, 0.4) is 0 Å². The molecule has 0 N–H and O–H groups in total. The van der Waals surface area contributed by atoms with Crippen molar-refractivity contribution in [2.45, 2.75) is 0 Å². The summed E-state index contributed by atoms with van der Waals surface area (Å²) in [7, 11) is 0. The summed E-state index contributed by atoms with van der Waals surface area (Å²) in [6, 6.07) is 9.79. The molecular formula is C8H7N2O+. The normalized spacial score (nSPS) is 9.82. The van der Waals surface area contributed by atoms with Gasteiger partial charge in [0.1, 0.15) is 0 Å². The van der Waals surface area contributed by atoms with Crippen LogP contribution in [0.1, 0.15) is 0 Å². The number of aromatic nitrogens is 2. The van der Waals surface area contributed by atoms with Crippen LogP contribution in [-0.2, 0) is 0 Å². The Morgan fingerprint density at radius 1 is 1.18 bits per heavy atom. The zero-order valence-electron chi connectivity index (χ0n) is 5.84. The van der Waals surface area contributed by atoms with Gasteiger partial charge in [-0.05, 0) is 4.68 Å². The average Bonchev–Trinajstić information content (AvgIpc) is 2.58. The Labute approximate surface area is 63.9 Å². The van der Waals surface area contributed by atoms with Crippen molar-refractivity contribution < 1.29 is 9.10 Å². The second-order valence-corrected chi connectivity index (χ2v) is 2.14. The summed E-state index contributed by atoms with van der Waals surface area (Å²) in [6.07, 6.45) is 2.95. The van der Waals surface area contributed by atoms with Gasteiger partial charge in [0.2, 0.25) is 5.69 Å². The van der Waals surface area contributed by atoms with Crippen molar-refractivity contribution in [1.29, 1.82) is 0 Å². The van der Waals surface area contributed by atoms with Crippen LogP contribution >= 0.6 is 0 Å². The van der Waals surface area contributed by atoms with Crippen molar-refractivity contribution in [1.82, 2.24) is 5.10 Å². The molecule has 0 aliphatic carbocycles. The van der Waals surface area contributed by atoms with Crippen LogP contribution in [0.5, 0.6) is 0 Å². The lowest BCUT2D eigenvalue weighted by atomic mass is 10.3. The zero-order valence-corrected chi connectivity index (χ0v) is 5.84. The van der Waals surface area contributed by atoms with E-state index in [1.165, 1.54) is 6.39 Å². The maximum Gasteiger partial charge on any atom is 0.367 e. The summed E-state index contributed by atoms with van der Waals surface area (Å²) in [4.78, 5) is 0. The standard InChI is InChI=1S/C8H7N2O/c1-2-4-8(5-3-1)10-7-11-6-9-10/h1-7H/q+1. The maximum absolute atomic E-state index is 4.82. The van der Waals surface area contributed by atoms with Gasteiger partial charge < -0.3 is 4.42 Å². The van der Waals surface area contributed by atoms with E-state index in [-0.39, 0.29) is 0 Å². The first kappa shape index (κ1) is 6.09. The Morgan fingerprint density at radius 2 is 2.00 bits per heavy atom. The third-order valence-corrected chi connectivity index (χ3v) is 1.41. The minimum absolute atomic E-state index is 1.00. The molecular weight excluding hydrogens is 140 g/mol. The predicted molar refractivity (Wildman–Crippen MR) is 38.0 cm³/mol. The summed E-state index contributed by atoms with van der Waals surface area (Å²) < 4.78 is 6.49. The highest BCUT2D eigenvalue weighted by atomic mass is 16.3. The predicted octanol–water partition coefficient (Wildman–Crippen LogP) is 0.951. The molecule has 0 aliphatic heterocycles. The summed E-state index contributed by atoms with van der Waals surface area (Å²) in [5.41, 5.74) is 1.00. The fourth-order valence-electron chi connectivity index (χ4n) is 0.898. The van der Waals surface area contributed by atoms with E-state index in [9.17, 15) is 0 Å². The Morgan fingerprint density at radius 3 is 2.64 bits per heavy atom. The van der Waals surface area contributed by atoms with Gasteiger partial charge in [-0.1, -0.05) is 18.2 Å². The molecule has 0 aliphatic rings. The van der Waals surface area contributed by atoms with Crippen molar-refractivity contribution in [3.05, 3.63) is 43.1 Å². The van der Waals surface area contributed by atoms with Crippen molar-refractivity contribution in [2.75, 3.05) is 0 Å². The van der Waals surface area contributed by atoms with Crippen molar-refractivity contribution in [3.63, 3.8) is 0 Å². The summed E-state index contributed by atoms with van der Waals surface area (Å²) in [5, 5.41) is 3.94. The van der Waals surface area contributed by atoms with E-state index < -0.39 is 0 Å². The third-order valence-electron chi connectivity index (χ3n) is 1.41. The van der Waals surface area contributed by atoms with Gasteiger partial charge in [0.25, 0.3) is 6.39 Å². The Kier molecular flexibility index (Phi) is 1.41. The van der Waals surface area contributed by atoms with Gasteiger partial charge in [0.05, 0.1) is 0 Å². The molecule has 0 fully saturated rings. The lowest BCUT2D eigenvalue weighted by Crippen LogP contribution is -2.30. The van der Waals surface area contributed by atoms with Crippen molar-refractivity contribution >= 4 is 0 Å². The third kappa shape index (κ3) is 1.12. The molecule has 0 saturated heterocycles. The number of hydrogen-bond donors (Lipinski definition) is 0. The van der Waals surface area contributed by atoms with Crippen LogP contribution in [0.25, 0.3) is 5.69 Å². The highest BCUT2D eigenvalue weighted by molar-refractivity contribution is 5.20. The molecule has 0 atom stereocenters. The fourth-order valence-corrected chi connectivity index (χ4v) is 0.898. The van der Waals surface area contributed by atoms with E-state index in [0.29, 0.717) is 0 Å². The average molecular weight is 147 g/mol. The molecule has 3 heteroatoms. The van der Waals surface area contributed by atoms with Gasteiger partial charge in [-0.15, -0.1) is 0 Å². The van der Waals surface area contributed by atoms with Gasteiger partial charge in [0.15, 0.2) is 0 Å². The zero-order chi connectivity index (χ0) is 7.52. The second-order valence-electron chi connectivity index (χ2n) is 2.14. The maximum atomic E-state index is 4.82. The Hall–Kier alpha value is -1.64. The van der Waals surface area contributed by atoms with Crippen molar-refractivity contribution in [3.8, 4) is 5.69 Å². The first-order chi connectivity index (χ1) is 5.47. The van der Waals surface area contributed by atoms with Crippen LogP contribution in [0.4, 0.5) is 0 Å². The monoisotopic (exact) mass is 147 g/mol. The number of nitrogens with zero attached hydrogens (tertiary/aromatic N) is 2. The molecule has 0 saturated carbocycles. The summed E-state index contributed by atoms with van der Waals surface area (Å²) in [5.74, 6) is 0. The van der Waals surface area contributed by atoms with Crippen LogP contribution in [-0.4, -0.2) is 5.10 Å². The lowest BCUT2D eigenvalue weighted by molar-refractivity contribution is -0.660. The van der Waals surface area contributed by atoms with E-state index in [2.05, 4.69) is 5.10 Å². The topological polar surface area (TPSA) is 29.9 Å². The second kappa shape index (κ2) is 2.54. The van der Waals surface area contributed by atoms with E-state index in [1.807, 2.05) is 30.3 Å². The molecule has 1 aromatic carbocycles. The first-order valence-corrected chi connectivity index (χ1v) is 3.32. The van der Waals surface area contributed by atoms with E-state index in [0.717, 1.165) is 5.69 Å². The molecule has 2 aromatic rings. The largest absolute Gasteiger partial charge is 0.390 e. The van der Waals surface area contributed by atoms with Gasteiger partial charge in [0, 0.05) is 17.2 Å². The van der Waals surface area contributed by atoms with E-state index >= 15 is 0 Å². The highest BCUT2D eigenvalue weighted by Crippen LogP contribution is 1.94. The molecule has 0 bridgehead atoms. The molecule has 2 rings (SSSR count). The summed E-state index contributed by atoms with van der Waals surface area (Å²) >= 11 is 0. The molecule has 0 amide bonds. The molecule has 54 valence electrons. The quantitative estimate of drug-likeness (QED) is 0.562. The molecule has 1 heterocycles. The SMILES string of the molecule is c1ccc(-[n+]2cocn2)cc1. The van der Waals surface area contributed by atoms with E-state index in [4.69, 9.17) is 4.42 Å². The van der Waals surface area contributed by atoms with Crippen LogP contribution in [0.2, 0.25) is 0 Å². The molecule has 1 aromatic heterocycles. The number of hydrogen-bond acceptors (Lipinski definition) is 2. The Bertz CT molecular complexity index is 315. The van der Waals surface area contributed by atoms with Gasteiger partial charge in [-0.2, -0.15) is 0 Å². The van der Waals surface area contributed by atoms with Crippen LogP contribution in [0.15, 0.2) is 47.5 Å². The lowest BCUT2D eigenvalue weighted by Gasteiger charge is -1.83. The summed E-state index contributed by atoms with van der Waals surface area (Å²) in [6.45, 7) is 0. The fraction of sp³-hybridized carbons (Fsp3) is 0. The van der Waals surface area contributed by atoms with Crippen LogP contribution in [0, 0.1) is 0 Å². The smallest absolute Gasteiger partial charge is 0.367 e. The van der Waals surface area contributed by atoms with Gasteiger partial charge >= 0.3 is 6.39 Å². The number of benzene rings is 1. The van der Waals surface area contributed by atoms with Crippen molar-refractivity contribution in [2.24, 2.45) is 0 Å². The minimum atomic E-state index is 1.00. The highest BCUT2D eigenvalue weighted by Gasteiger charge is 2.05. The number of para-hydroxylation sites is 1. The van der Waals surface area contributed by atoms with Gasteiger partial charge in [-0.25, -0.2) is 0 Å². The molecule has 3 nitrogen and oxygen atoms in total. The molecule has 11 heavy (non-hydrogen) atoms. The minimum Gasteiger partial charge on any atom is -0.390 e. The number of rotatable bonds is 1. The van der Waals surface area contributed by atoms with Crippen LogP contribution < -0.4 is 4.68 Å². The molecule has 0 unspecified atom stereocenters. The first-order valence-electron chi connectivity index (χ1n) is 3.32. The molecule has 0 spiro atoms.